The maximum atomic E-state index is 5.98. The third kappa shape index (κ3) is 1.90. The summed E-state index contributed by atoms with van der Waals surface area (Å²) in [6, 6.07) is 12.4. The lowest BCUT2D eigenvalue weighted by Gasteiger charge is -2.30. The molecule has 1 aliphatic carbocycles. The van der Waals surface area contributed by atoms with Crippen molar-refractivity contribution >= 4 is 0 Å². The minimum atomic E-state index is -0.384. The average molecular weight is 256 g/mol. The number of ether oxygens (including phenoxy) is 2. The van der Waals surface area contributed by atoms with Crippen LogP contribution in [-0.4, -0.2) is 19.0 Å². The Bertz CT molecular complexity index is 579. The van der Waals surface area contributed by atoms with E-state index in [1.54, 1.807) is 0 Å². The quantitative estimate of drug-likeness (QED) is 0.785. The number of hydrogen-bond donors (Lipinski definition) is 0. The lowest BCUT2D eigenvalue weighted by molar-refractivity contribution is -0.164. The molecule has 2 heterocycles. The third-order valence-corrected chi connectivity index (χ3v) is 3.96. The first-order valence-corrected chi connectivity index (χ1v) is 6.80. The molecule has 3 heteroatoms. The number of hydrogen-bond acceptors (Lipinski definition) is 3. The number of rotatable bonds is 1. The largest absolute Gasteiger partial charge is 0.461 e. The van der Waals surface area contributed by atoms with Crippen molar-refractivity contribution < 1.29 is 13.9 Å². The minimum Gasteiger partial charge on any atom is -0.461 e. The second kappa shape index (κ2) is 4.22. The summed E-state index contributed by atoms with van der Waals surface area (Å²) in [6.07, 6.45) is 2.59. The number of benzene rings is 1. The molecule has 19 heavy (non-hydrogen) atoms. The molecule has 2 aliphatic rings. The topological polar surface area (TPSA) is 31.6 Å². The Hall–Kier alpha value is -1.58. The fraction of sp³-hybridized carbons (Fsp3) is 0.375. The Morgan fingerprint density at radius 1 is 1.00 bits per heavy atom. The van der Waals surface area contributed by atoms with Gasteiger partial charge in [0.2, 0.25) is 0 Å². The lowest BCUT2D eigenvalue weighted by atomic mass is 9.92. The van der Waals surface area contributed by atoms with Crippen LogP contribution in [0.15, 0.2) is 40.8 Å². The summed E-state index contributed by atoms with van der Waals surface area (Å²) < 4.78 is 17.6. The van der Waals surface area contributed by atoms with Gasteiger partial charge in [0.1, 0.15) is 11.5 Å². The second-order valence-corrected chi connectivity index (χ2v) is 5.21. The summed E-state index contributed by atoms with van der Waals surface area (Å²) in [6.45, 7) is 1.41. The second-order valence-electron chi connectivity index (χ2n) is 5.21. The molecule has 0 amide bonds. The summed E-state index contributed by atoms with van der Waals surface area (Å²) >= 11 is 0. The van der Waals surface area contributed by atoms with E-state index in [0.717, 1.165) is 36.3 Å². The molecule has 0 radical (unpaired) electrons. The maximum Gasteiger partial charge on any atom is 0.173 e. The van der Waals surface area contributed by atoms with Crippen molar-refractivity contribution in [1.82, 2.24) is 0 Å². The minimum absolute atomic E-state index is 0.384. The summed E-state index contributed by atoms with van der Waals surface area (Å²) in [5.74, 6) is 1.65. The summed E-state index contributed by atoms with van der Waals surface area (Å²) in [7, 11) is 0. The summed E-state index contributed by atoms with van der Waals surface area (Å²) in [4.78, 5) is 0. The monoisotopic (exact) mass is 256 g/mol. The van der Waals surface area contributed by atoms with Crippen LogP contribution in [0.4, 0.5) is 0 Å². The van der Waals surface area contributed by atoms with Crippen LogP contribution in [0.3, 0.4) is 0 Å². The third-order valence-electron chi connectivity index (χ3n) is 3.96. The standard InChI is InChI=1S/C16H16O3/c1-2-4-12(5-3-1)15-10-13-11-16(17-8-9-18-16)7-6-14(13)19-15/h1-5,10H,6-9,11H2. The lowest BCUT2D eigenvalue weighted by Crippen LogP contribution is -2.36. The molecular formula is C16H16O3. The molecule has 1 aromatic heterocycles. The Labute approximate surface area is 112 Å². The number of fused-ring (bicyclic) bond motifs is 1. The van der Waals surface area contributed by atoms with E-state index in [-0.39, 0.29) is 5.79 Å². The highest BCUT2D eigenvalue weighted by molar-refractivity contribution is 5.59. The fourth-order valence-electron chi connectivity index (χ4n) is 3.00. The molecule has 2 aromatic rings. The van der Waals surface area contributed by atoms with E-state index >= 15 is 0 Å². The van der Waals surface area contributed by atoms with Gasteiger partial charge in [-0.05, 0) is 11.6 Å². The van der Waals surface area contributed by atoms with Crippen molar-refractivity contribution in [2.24, 2.45) is 0 Å². The molecular weight excluding hydrogens is 240 g/mol. The molecule has 0 N–H and O–H groups in total. The van der Waals surface area contributed by atoms with E-state index in [2.05, 4.69) is 18.2 Å². The predicted octanol–water partition coefficient (Wildman–Crippen LogP) is 3.18. The van der Waals surface area contributed by atoms with Gasteiger partial charge in [-0.25, -0.2) is 0 Å². The van der Waals surface area contributed by atoms with E-state index in [1.165, 1.54) is 5.56 Å². The molecule has 1 aliphatic heterocycles. The Kier molecular flexibility index (Phi) is 2.50. The first-order chi connectivity index (χ1) is 9.35. The highest BCUT2D eigenvalue weighted by atomic mass is 16.7. The SMILES string of the molecule is c1ccc(-c2cc3c(o2)CCC2(C3)OCCO2)cc1. The molecule has 98 valence electrons. The van der Waals surface area contributed by atoms with E-state index in [4.69, 9.17) is 13.9 Å². The zero-order valence-corrected chi connectivity index (χ0v) is 10.7. The van der Waals surface area contributed by atoms with Crippen LogP contribution in [-0.2, 0) is 22.3 Å². The molecule has 0 bridgehead atoms. The van der Waals surface area contributed by atoms with Crippen molar-refractivity contribution in [3.05, 3.63) is 47.7 Å². The molecule has 0 unspecified atom stereocenters. The normalized spacial score (nSPS) is 20.6. The van der Waals surface area contributed by atoms with Gasteiger partial charge in [0, 0.05) is 24.8 Å². The van der Waals surface area contributed by atoms with E-state index in [0.29, 0.717) is 13.2 Å². The number of aryl methyl sites for hydroxylation is 1. The smallest absolute Gasteiger partial charge is 0.173 e. The molecule has 3 nitrogen and oxygen atoms in total. The van der Waals surface area contributed by atoms with Crippen molar-refractivity contribution in [3.63, 3.8) is 0 Å². The predicted molar refractivity (Wildman–Crippen MR) is 70.8 cm³/mol. The van der Waals surface area contributed by atoms with Crippen molar-refractivity contribution in [2.75, 3.05) is 13.2 Å². The highest BCUT2D eigenvalue weighted by Crippen LogP contribution is 2.38. The van der Waals surface area contributed by atoms with E-state index in [9.17, 15) is 0 Å². The van der Waals surface area contributed by atoms with Gasteiger partial charge >= 0.3 is 0 Å². The molecule has 4 rings (SSSR count). The van der Waals surface area contributed by atoms with Crippen LogP contribution in [0.5, 0.6) is 0 Å². The molecule has 0 saturated carbocycles. The fourth-order valence-corrected chi connectivity index (χ4v) is 3.00. The molecule has 1 spiro atoms. The van der Waals surface area contributed by atoms with Gasteiger partial charge in [-0.2, -0.15) is 0 Å². The Morgan fingerprint density at radius 3 is 2.58 bits per heavy atom. The Morgan fingerprint density at radius 2 is 1.79 bits per heavy atom. The average Bonchev–Trinajstić information content (AvgIpc) is 3.07. The van der Waals surface area contributed by atoms with Crippen LogP contribution in [0, 0.1) is 0 Å². The Balaban J connectivity index is 1.68. The van der Waals surface area contributed by atoms with Crippen molar-refractivity contribution in [1.29, 1.82) is 0 Å². The zero-order valence-electron chi connectivity index (χ0n) is 10.7. The van der Waals surface area contributed by atoms with Gasteiger partial charge in [0.05, 0.1) is 13.2 Å². The van der Waals surface area contributed by atoms with Crippen LogP contribution < -0.4 is 0 Å². The van der Waals surface area contributed by atoms with Crippen molar-refractivity contribution in [2.45, 2.75) is 25.0 Å². The van der Waals surface area contributed by atoms with Gasteiger partial charge in [0.25, 0.3) is 0 Å². The molecule has 1 fully saturated rings. The van der Waals surface area contributed by atoms with Gasteiger partial charge in [-0.15, -0.1) is 0 Å². The molecule has 1 aromatic carbocycles. The zero-order chi connectivity index (χ0) is 12.7. The summed E-state index contributed by atoms with van der Waals surface area (Å²) in [5, 5.41) is 0. The first kappa shape index (κ1) is 11.3. The van der Waals surface area contributed by atoms with Gasteiger partial charge in [-0.1, -0.05) is 30.3 Å². The first-order valence-electron chi connectivity index (χ1n) is 6.80. The van der Waals surface area contributed by atoms with Crippen molar-refractivity contribution in [3.8, 4) is 11.3 Å². The van der Waals surface area contributed by atoms with E-state index < -0.39 is 0 Å². The van der Waals surface area contributed by atoms with Gasteiger partial charge in [-0.3, -0.25) is 0 Å². The van der Waals surface area contributed by atoms with Gasteiger partial charge < -0.3 is 13.9 Å². The number of furan rings is 1. The van der Waals surface area contributed by atoms with Crippen LogP contribution in [0.2, 0.25) is 0 Å². The summed E-state index contributed by atoms with van der Waals surface area (Å²) in [5.41, 5.74) is 2.35. The highest BCUT2D eigenvalue weighted by Gasteiger charge is 2.41. The van der Waals surface area contributed by atoms with Gasteiger partial charge in [0.15, 0.2) is 5.79 Å². The van der Waals surface area contributed by atoms with E-state index in [1.807, 2.05) is 18.2 Å². The molecule has 1 saturated heterocycles. The van der Waals surface area contributed by atoms with Crippen LogP contribution >= 0.6 is 0 Å². The van der Waals surface area contributed by atoms with Crippen LogP contribution in [0.25, 0.3) is 11.3 Å². The maximum absolute atomic E-state index is 5.98. The van der Waals surface area contributed by atoms with Crippen LogP contribution in [0.1, 0.15) is 17.7 Å². The molecule has 0 atom stereocenters.